The molecule has 0 saturated carbocycles. The molecule has 3 rings (SSSR count). The van der Waals surface area contributed by atoms with E-state index in [9.17, 15) is 0 Å². The van der Waals surface area contributed by atoms with Crippen LogP contribution in [0, 0.1) is 6.92 Å². The summed E-state index contributed by atoms with van der Waals surface area (Å²) >= 11 is 5.95. The molecule has 0 bridgehead atoms. The lowest BCUT2D eigenvalue weighted by Crippen LogP contribution is -2.02. The van der Waals surface area contributed by atoms with Gasteiger partial charge in [-0.3, -0.25) is 0 Å². The molecule has 0 unspecified atom stereocenters. The van der Waals surface area contributed by atoms with Crippen LogP contribution in [0.1, 0.15) is 11.1 Å². The molecule has 0 fully saturated rings. The normalized spacial score (nSPS) is 12.5. The summed E-state index contributed by atoms with van der Waals surface area (Å²) < 4.78 is 10.8. The van der Waals surface area contributed by atoms with Crippen LogP contribution >= 0.6 is 11.6 Å². The maximum absolute atomic E-state index is 5.95. The Hall–Kier alpha value is -1.87. The third-order valence-corrected chi connectivity index (χ3v) is 3.37. The zero-order valence-corrected chi connectivity index (χ0v) is 11.3. The van der Waals surface area contributed by atoms with Crippen LogP contribution in [0.5, 0.6) is 11.5 Å². The lowest BCUT2D eigenvalue weighted by molar-refractivity contribution is 0.173. The number of fused-ring (bicyclic) bond motifs is 1. The molecule has 1 N–H and O–H groups in total. The molecule has 98 valence electrons. The summed E-state index contributed by atoms with van der Waals surface area (Å²) in [6, 6.07) is 11.7. The number of rotatable bonds is 3. The Balaban J connectivity index is 1.78. The molecule has 19 heavy (non-hydrogen) atoms. The molecule has 1 heterocycles. The molecular formula is C15H14ClNO2. The van der Waals surface area contributed by atoms with Gasteiger partial charge in [0.15, 0.2) is 11.5 Å². The summed E-state index contributed by atoms with van der Waals surface area (Å²) in [6.45, 7) is 3.02. The first-order valence-electron chi connectivity index (χ1n) is 6.11. The number of halogens is 1. The third-order valence-electron chi connectivity index (χ3n) is 3.14. The van der Waals surface area contributed by atoms with Crippen molar-refractivity contribution in [3.05, 3.63) is 52.5 Å². The largest absolute Gasteiger partial charge is 0.454 e. The van der Waals surface area contributed by atoms with E-state index in [1.807, 2.05) is 43.3 Å². The summed E-state index contributed by atoms with van der Waals surface area (Å²) in [4.78, 5) is 0. The van der Waals surface area contributed by atoms with Gasteiger partial charge in [0.05, 0.1) is 0 Å². The van der Waals surface area contributed by atoms with Gasteiger partial charge in [0.25, 0.3) is 0 Å². The first-order chi connectivity index (χ1) is 9.24. The van der Waals surface area contributed by atoms with Crippen molar-refractivity contribution in [2.75, 3.05) is 12.1 Å². The van der Waals surface area contributed by atoms with Crippen LogP contribution in [0.25, 0.3) is 0 Å². The number of benzene rings is 2. The molecule has 1 aliphatic heterocycles. The average Bonchev–Trinajstić information content (AvgIpc) is 2.86. The molecular weight excluding hydrogens is 262 g/mol. The highest BCUT2D eigenvalue weighted by atomic mass is 35.5. The number of nitrogens with one attached hydrogen (secondary N) is 1. The first kappa shape index (κ1) is 12.2. The number of hydrogen-bond donors (Lipinski definition) is 1. The van der Waals surface area contributed by atoms with Crippen molar-refractivity contribution in [3.8, 4) is 11.5 Å². The average molecular weight is 276 g/mol. The van der Waals surface area contributed by atoms with E-state index in [4.69, 9.17) is 21.1 Å². The van der Waals surface area contributed by atoms with Gasteiger partial charge in [-0.2, -0.15) is 0 Å². The first-order valence-corrected chi connectivity index (χ1v) is 6.49. The number of aryl methyl sites for hydroxylation is 1. The van der Waals surface area contributed by atoms with Gasteiger partial charge in [-0.05, 0) is 36.8 Å². The second-order valence-electron chi connectivity index (χ2n) is 4.46. The minimum Gasteiger partial charge on any atom is -0.454 e. The predicted octanol–water partition coefficient (Wildman–Crippen LogP) is 3.99. The quantitative estimate of drug-likeness (QED) is 0.919. The fourth-order valence-electron chi connectivity index (χ4n) is 2.15. The van der Waals surface area contributed by atoms with Crippen LogP contribution in [-0.4, -0.2) is 6.79 Å². The van der Waals surface area contributed by atoms with Crippen molar-refractivity contribution in [2.24, 2.45) is 0 Å². The van der Waals surface area contributed by atoms with E-state index in [0.717, 1.165) is 33.3 Å². The topological polar surface area (TPSA) is 30.5 Å². The standard InChI is InChI=1S/C15H14ClNO2/c1-10-7-12(16)5-6-13(10)17-8-11-3-2-4-14-15(11)19-9-18-14/h2-7,17H,8-9H2,1H3. The SMILES string of the molecule is Cc1cc(Cl)ccc1NCc1cccc2c1OCO2. The van der Waals surface area contributed by atoms with Crippen LogP contribution in [-0.2, 0) is 6.54 Å². The van der Waals surface area contributed by atoms with Gasteiger partial charge in [-0.25, -0.2) is 0 Å². The molecule has 0 amide bonds. The van der Waals surface area contributed by atoms with Crippen LogP contribution < -0.4 is 14.8 Å². The molecule has 4 heteroatoms. The predicted molar refractivity (Wildman–Crippen MR) is 76.1 cm³/mol. The molecule has 0 saturated heterocycles. The van der Waals surface area contributed by atoms with Crippen molar-refractivity contribution in [3.63, 3.8) is 0 Å². The molecule has 0 atom stereocenters. The van der Waals surface area contributed by atoms with Crippen LogP contribution in [0.4, 0.5) is 5.69 Å². The fourth-order valence-corrected chi connectivity index (χ4v) is 2.37. The van der Waals surface area contributed by atoms with E-state index >= 15 is 0 Å². The minimum atomic E-state index is 0.298. The monoisotopic (exact) mass is 275 g/mol. The molecule has 3 nitrogen and oxygen atoms in total. The number of para-hydroxylation sites is 1. The summed E-state index contributed by atoms with van der Waals surface area (Å²) in [5.74, 6) is 1.65. The summed E-state index contributed by atoms with van der Waals surface area (Å²) in [6.07, 6.45) is 0. The van der Waals surface area contributed by atoms with Crippen molar-refractivity contribution >= 4 is 17.3 Å². The summed E-state index contributed by atoms with van der Waals surface area (Å²) in [5, 5.41) is 4.14. The lowest BCUT2D eigenvalue weighted by Gasteiger charge is -2.11. The number of anilines is 1. The second kappa shape index (κ2) is 5.02. The number of hydrogen-bond acceptors (Lipinski definition) is 3. The van der Waals surface area contributed by atoms with Gasteiger partial charge in [-0.15, -0.1) is 0 Å². The minimum absolute atomic E-state index is 0.298. The molecule has 0 radical (unpaired) electrons. The maximum Gasteiger partial charge on any atom is 0.231 e. The highest BCUT2D eigenvalue weighted by molar-refractivity contribution is 6.30. The smallest absolute Gasteiger partial charge is 0.231 e. The Morgan fingerprint density at radius 2 is 2.11 bits per heavy atom. The Morgan fingerprint density at radius 1 is 1.21 bits per heavy atom. The maximum atomic E-state index is 5.95. The lowest BCUT2D eigenvalue weighted by atomic mass is 10.1. The van der Waals surface area contributed by atoms with E-state index in [-0.39, 0.29) is 0 Å². The third kappa shape index (κ3) is 2.47. The van der Waals surface area contributed by atoms with Crippen LogP contribution in [0.15, 0.2) is 36.4 Å². The van der Waals surface area contributed by atoms with Gasteiger partial charge < -0.3 is 14.8 Å². The summed E-state index contributed by atoms with van der Waals surface area (Å²) in [5.41, 5.74) is 3.28. The van der Waals surface area contributed by atoms with Gasteiger partial charge >= 0.3 is 0 Å². The van der Waals surface area contributed by atoms with Gasteiger partial charge in [0.2, 0.25) is 6.79 Å². The Bertz CT molecular complexity index is 613. The van der Waals surface area contributed by atoms with Crippen molar-refractivity contribution in [1.29, 1.82) is 0 Å². The van der Waals surface area contributed by atoms with Crippen LogP contribution in [0.2, 0.25) is 5.02 Å². The summed E-state index contributed by atoms with van der Waals surface area (Å²) in [7, 11) is 0. The molecule has 2 aromatic rings. The van der Waals surface area contributed by atoms with E-state index in [0.29, 0.717) is 13.3 Å². The van der Waals surface area contributed by atoms with E-state index in [1.165, 1.54) is 0 Å². The van der Waals surface area contributed by atoms with Crippen molar-refractivity contribution in [2.45, 2.75) is 13.5 Å². The van der Waals surface area contributed by atoms with E-state index in [2.05, 4.69) is 5.32 Å². The number of ether oxygens (including phenoxy) is 2. The fraction of sp³-hybridized carbons (Fsp3) is 0.200. The van der Waals surface area contributed by atoms with Gasteiger partial charge in [0.1, 0.15) is 0 Å². The second-order valence-corrected chi connectivity index (χ2v) is 4.90. The van der Waals surface area contributed by atoms with E-state index in [1.54, 1.807) is 0 Å². The highest BCUT2D eigenvalue weighted by Crippen LogP contribution is 2.35. The Morgan fingerprint density at radius 3 is 2.95 bits per heavy atom. The highest BCUT2D eigenvalue weighted by Gasteiger charge is 2.16. The van der Waals surface area contributed by atoms with Crippen molar-refractivity contribution in [1.82, 2.24) is 0 Å². The van der Waals surface area contributed by atoms with Crippen molar-refractivity contribution < 1.29 is 9.47 Å². The van der Waals surface area contributed by atoms with Gasteiger partial charge in [0, 0.05) is 22.8 Å². The molecule has 0 aromatic heterocycles. The van der Waals surface area contributed by atoms with Gasteiger partial charge in [-0.1, -0.05) is 23.7 Å². The van der Waals surface area contributed by atoms with Crippen LogP contribution in [0.3, 0.4) is 0 Å². The molecule has 0 spiro atoms. The molecule has 0 aliphatic carbocycles. The Kier molecular flexibility index (Phi) is 3.22. The molecule has 1 aliphatic rings. The zero-order valence-electron chi connectivity index (χ0n) is 10.6. The van der Waals surface area contributed by atoms with E-state index < -0.39 is 0 Å². The Labute approximate surface area is 117 Å². The molecule has 2 aromatic carbocycles. The zero-order chi connectivity index (χ0) is 13.2.